The first kappa shape index (κ1) is 10.1. The summed E-state index contributed by atoms with van der Waals surface area (Å²) in [7, 11) is 1.59. The number of rotatable bonds is 5. The van der Waals surface area contributed by atoms with E-state index in [9.17, 15) is 0 Å². The molecule has 0 aliphatic carbocycles. The highest BCUT2D eigenvalue weighted by Gasteiger charge is 1.89. The molecule has 0 aliphatic rings. The number of ether oxygens (including phenoxy) is 1. The predicted molar refractivity (Wildman–Crippen MR) is 45.1 cm³/mol. The van der Waals surface area contributed by atoms with Crippen molar-refractivity contribution in [3.8, 4) is 0 Å². The summed E-state index contributed by atoms with van der Waals surface area (Å²) in [6.45, 7) is 0.670. The smallest absolute Gasteiger partial charge is 0.0718 e. The van der Waals surface area contributed by atoms with Crippen LogP contribution in [0.4, 0.5) is 0 Å². The van der Waals surface area contributed by atoms with E-state index in [-0.39, 0.29) is 6.61 Å². The Morgan fingerprint density at radius 3 is 2.80 bits per heavy atom. The van der Waals surface area contributed by atoms with Crippen LogP contribution >= 0.6 is 11.4 Å². The first-order valence-corrected chi connectivity index (χ1v) is 4.21. The fraction of sp³-hybridized carbons (Fsp3) is 0.833. The number of methoxy groups -OCH3 is 1. The maximum atomic E-state index is 9.02. The molecule has 0 aromatic carbocycles. The molecule has 0 rings (SSSR count). The van der Waals surface area contributed by atoms with Crippen LogP contribution in [-0.4, -0.2) is 41.3 Å². The number of thiol groups is 1. The first-order chi connectivity index (χ1) is 4.81. The highest BCUT2D eigenvalue weighted by molar-refractivity contribution is 7.98. The van der Waals surface area contributed by atoms with E-state index in [2.05, 4.69) is 0 Å². The molecule has 0 unspecified atom stereocenters. The third kappa shape index (κ3) is 6.22. The van der Waals surface area contributed by atoms with Crippen molar-refractivity contribution in [3.63, 3.8) is 0 Å². The van der Waals surface area contributed by atoms with Gasteiger partial charge in [-0.15, -0.1) is 0 Å². The Bertz CT molecular complexity index is 103. The van der Waals surface area contributed by atoms with Gasteiger partial charge in [0, 0.05) is 19.3 Å². The Hall–Kier alpha value is 0.1000. The SMILES string of the molecule is COCCC(O)=[SH]CCO. The highest BCUT2D eigenvalue weighted by Crippen LogP contribution is 1.92. The van der Waals surface area contributed by atoms with Crippen molar-refractivity contribution in [2.45, 2.75) is 6.42 Å². The van der Waals surface area contributed by atoms with Gasteiger partial charge in [-0.3, -0.25) is 0 Å². The summed E-state index contributed by atoms with van der Waals surface area (Å²) in [5.41, 5.74) is 0. The van der Waals surface area contributed by atoms with Crippen LogP contribution in [0, 0.1) is 0 Å². The molecule has 0 aromatic heterocycles. The monoisotopic (exact) mass is 166 g/mol. The van der Waals surface area contributed by atoms with Crippen molar-refractivity contribution >= 4 is 16.4 Å². The Morgan fingerprint density at radius 1 is 1.60 bits per heavy atom. The lowest BCUT2D eigenvalue weighted by molar-refractivity contribution is 0.204. The Balaban J connectivity index is 3.30. The molecule has 0 aliphatic heterocycles. The number of aliphatic hydroxyl groups is 2. The zero-order valence-electron chi connectivity index (χ0n) is 6.08. The van der Waals surface area contributed by atoms with Gasteiger partial charge in [-0.25, -0.2) is 0 Å². The molecule has 0 atom stereocenters. The first-order valence-electron chi connectivity index (χ1n) is 3.13. The minimum absolute atomic E-state index is 0.124. The Labute approximate surface area is 64.6 Å². The lowest BCUT2D eigenvalue weighted by Gasteiger charge is -1.97. The van der Waals surface area contributed by atoms with Gasteiger partial charge in [0.15, 0.2) is 0 Å². The van der Waals surface area contributed by atoms with Crippen LogP contribution in [0.15, 0.2) is 0 Å². The van der Waals surface area contributed by atoms with Crippen LogP contribution in [0.5, 0.6) is 0 Å². The van der Waals surface area contributed by atoms with Gasteiger partial charge in [0.2, 0.25) is 0 Å². The van der Waals surface area contributed by atoms with Crippen LogP contribution in [0.1, 0.15) is 6.42 Å². The van der Waals surface area contributed by atoms with Crippen LogP contribution in [0.2, 0.25) is 0 Å². The van der Waals surface area contributed by atoms with Gasteiger partial charge in [0.1, 0.15) is 0 Å². The van der Waals surface area contributed by atoms with Crippen LogP contribution in [-0.2, 0) is 4.74 Å². The van der Waals surface area contributed by atoms with Gasteiger partial charge in [-0.1, -0.05) is 0 Å². The third-order valence-electron chi connectivity index (χ3n) is 0.924. The molecule has 62 valence electrons. The van der Waals surface area contributed by atoms with Crippen molar-refractivity contribution in [1.29, 1.82) is 0 Å². The molecule has 0 amide bonds. The summed E-state index contributed by atoms with van der Waals surface area (Å²) in [5, 5.41) is 17.8. The van der Waals surface area contributed by atoms with Gasteiger partial charge in [0.05, 0.1) is 18.3 Å². The highest BCUT2D eigenvalue weighted by atomic mass is 32.1. The van der Waals surface area contributed by atoms with Gasteiger partial charge in [-0.2, -0.15) is 11.4 Å². The molecule has 2 N–H and O–H groups in total. The lowest BCUT2D eigenvalue weighted by Crippen LogP contribution is -2.00. The van der Waals surface area contributed by atoms with E-state index >= 15 is 0 Å². The zero-order valence-corrected chi connectivity index (χ0v) is 6.97. The molecular weight excluding hydrogens is 152 g/mol. The van der Waals surface area contributed by atoms with E-state index in [1.807, 2.05) is 0 Å². The second-order valence-electron chi connectivity index (χ2n) is 1.76. The molecule has 0 aromatic rings. The maximum absolute atomic E-state index is 9.02. The molecule has 10 heavy (non-hydrogen) atoms. The van der Waals surface area contributed by atoms with Gasteiger partial charge >= 0.3 is 0 Å². The van der Waals surface area contributed by atoms with Crippen LogP contribution in [0.25, 0.3) is 0 Å². The molecule has 0 heterocycles. The molecular formula is C6H14O3S. The van der Waals surface area contributed by atoms with E-state index in [4.69, 9.17) is 14.9 Å². The quantitative estimate of drug-likeness (QED) is 0.403. The van der Waals surface area contributed by atoms with Crippen LogP contribution < -0.4 is 0 Å². The number of hydrogen-bond donors (Lipinski definition) is 3. The average molecular weight is 166 g/mol. The van der Waals surface area contributed by atoms with Crippen molar-refractivity contribution in [3.05, 3.63) is 0 Å². The molecule has 4 heteroatoms. The largest absolute Gasteiger partial charge is 0.396 e. The summed E-state index contributed by atoms with van der Waals surface area (Å²) < 4.78 is 4.74. The van der Waals surface area contributed by atoms with Gasteiger partial charge in [0.25, 0.3) is 0 Å². The van der Waals surface area contributed by atoms with Crippen molar-refractivity contribution in [2.24, 2.45) is 0 Å². The van der Waals surface area contributed by atoms with E-state index in [1.165, 1.54) is 0 Å². The predicted octanol–water partition coefficient (Wildman–Crippen LogP) is 0.169. The Morgan fingerprint density at radius 2 is 2.30 bits per heavy atom. The van der Waals surface area contributed by atoms with Crippen LogP contribution in [0.3, 0.4) is 0 Å². The van der Waals surface area contributed by atoms with Gasteiger partial charge in [-0.05, 0) is 0 Å². The van der Waals surface area contributed by atoms with Crippen molar-refractivity contribution in [2.75, 3.05) is 26.1 Å². The summed E-state index contributed by atoms with van der Waals surface area (Å²) in [6, 6.07) is 0. The van der Waals surface area contributed by atoms with Crippen molar-refractivity contribution in [1.82, 2.24) is 0 Å². The molecule has 0 saturated heterocycles. The minimum atomic E-state index is 0.124. The zero-order chi connectivity index (χ0) is 7.82. The fourth-order valence-electron chi connectivity index (χ4n) is 0.451. The summed E-state index contributed by atoms with van der Waals surface area (Å²) >= 11 is 0.808. The van der Waals surface area contributed by atoms with Gasteiger partial charge < -0.3 is 14.9 Å². The number of hydrogen-bond acceptors (Lipinski definition) is 2. The number of aliphatic hydroxyl groups excluding tert-OH is 2. The van der Waals surface area contributed by atoms with E-state index in [1.54, 1.807) is 7.11 Å². The molecule has 0 bridgehead atoms. The minimum Gasteiger partial charge on any atom is -0.396 e. The van der Waals surface area contributed by atoms with Crippen molar-refractivity contribution < 1.29 is 14.9 Å². The summed E-state index contributed by atoms with van der Waals surface area (Å²) in [6.07, 6.45) is 0.568. The molecule has 3 nitrogen and oxygen atoms in total. The lowest BCUT2D eigenvalue weighted by atomic mass is 10.5. The van der Waals surface area contributed by atoms with E-state index in [0.29, 0.717) is 23.8 Å². The van der Waals surface area contributed by atoms with E-state index in [0.717, 1.165) is 11.4 Å². The molecule has 0 radical (unpaired) electrons. The third-order valence-corrected chi connectivity index (χ3v) is 1.94. The second-order valence-corrected chi connectivity index (χ2v) is 3.04. The topological polar surface area (TPSA) is 49.7 Å². The average Bonchev–Trinajstić information content (AvgIpc) is 1.97. The second kappa shape index (κ2) is 7.21. The maximum Gasteiger partial charge on any atom is 0.0718 e. The Kier molecular flexibility index (Phi) is 7.28. The fourth-order valence-corrected chi connectivity index (χ4v) is 1.06. The summed E-state index contributed by atoms with van der Waals surface area (Å²) in [4.78, 5) is 0. The molecule has 0 saturated carbocycles. The van der Waals surface area contributed by atoms with E-state index < -0.39 is 0 Å². The molecule has 0 fully saturated rings. The summed E-state index contributed by atoms with van der Waals surface area (Å²) in [5.74, 6) is 0.607. The standard InChI is InChI=1S/C6H14O3S/c1-9-4-2-6(8)10-5-3-7/h7-8,10H,2-5H2,1H3. The molecule has 0 spiro atoms. The normalized spacial score (nSPS) is 12.9.